The average Bonchev–Trinajstić information content (AvgIpc) is 3.11. The molecule has 4 rings (SSSR count). The molecule has 0 saturated carbocycles. The molecule has 0 fully saturated rings. The van der Waals surface area contributed by atoms with E-state index in [2.05, 4.69) is 15.5 Å². The highest BCUT2D eigenvalue weighted by Crippen LogP contribution is 2.25. The molecule has 0 atom stereocenters. The Labute approximate surface area is 165 Å². The summed E-state index contributed by atoms with van der Waals surface area (Å²) in [5.41, 5.74) is 1.53. The molecule has 4 aromatic rings. The Kier molecular flexibility index (Phi) is 4.87. The molecule has 2 aromatic carbocycles. The molecular weight excluding hydrogens is 374 g/mol. The van der Waals surface area contributed by atoms with E-state index in [1.807, 2.05) is 59.9 Å². The molecule has 142 valence electrons. The van der Waals surface area contributed by atoms with Gasteiger partial charge in [-0.2, -0.15) is 0 Å². The summed E-state index contributed by atoms with van der Waals surface area (Å²) in [7, 11) is 0. The number of fused-ring (bicyclic) bond motifs is 3. The Morgan fingerprint density at radius 3 is 2.57 bits per heavy atom. The Balaban J connectivity index is 1.69. The summed E-state index contributed by atoms with van der Waals surface area (Å²) in [6, 6.07) is 15.2. The van der Waals surface area contributed by atoms with Crippen LogP contribution in [0.15, 0.2) is 58.2 Å². The molecule has 0 unspecified atom stereocenters. The zero-order chi connectivity index (χ0) is 19.7. The highest BCUT2D eigenvalue weighted by Gasteiger charge is 2.15. The lowest BCUT2D eigenvalue weighted by atomic mass is 10.2. The third-order valence-electron chi connectivity index (χ3n) is 4.43. The second-order valence-electron chi connectivity index (χ2n) is 6.31. The van der Waals surface area contributed by atoms with Crippen molar-refractivity contribution in [3.63, 3.8) is 0 Å². The van der Waals surface area contributed by atoms with Gasteiger partial charge in [-0.3, -0.25) is 18.6 Å². The monoisotopic (exact) mass is 393 g/mol. The molecule has 1 N–H and O–H groups in total. The van der Waals surface area contributed by atoms with E-state index in [0.717, 1.165) is 21.9 Å². The number of rotatable bonds is 5. The number of nitrogens with one attached hydrogen (secondary N) is 1. The lowest BCUT2D eigenvalue weighted by Crippen LogP contribution is -2.22. The van der Waals surface area contributed by atoms with E-state index < -0.39 is 0 Å². The summed E-state index contributed by atoms with van der Waals surface area (Å²) in [5, 5.41) is 12.0. The van der Waals surface area contributed by atoms with Crippen LogP contribution < -0.4 is 10.9 Å². The molecule has 0 spiro atoms. The van der Waals surface area contributed by atoms with Crippen molar-refractivity contribution in [3.8, 4) is 0 Å². The maximum Gasteiger partial charge on any atom is 0.262 e. The van der Waals surface area contributed by atoms with Crippen LogP contribution in [0.2, 0.25) is 0 Å². The molecule has 2 heterocycles. The largest absolute Gasteiger partial charge is 0.326 e. The van der Waals surface area contributed by atoms with Crippen LogP contribution in [0, 0.1) is 0 Å². The second kappa shape index (κ2) is 7.47. The Hall–Kier alpha value is -3.13. The van der Waals surface area contributed by atoms with Gasteiger partial charge in [0.05, 0.1) is 16.7 Å². The van der Waals surface area contributed by atoms with Crippen molar-refractivity contribution in [2.45, 2.75) is 31.0 Å². The number of anilines is 1. The number of hydrogen-bond donors (Lipinski definition) is 1. The number of aryl methyl sites for hydroxylation is 1. The summed E-state index contributed by atoms with van der Waals surface area (Å²) in [6.07, 6.45) is 0. The van der Waals surface area contributed by atoms with Gasteiger partial charge in [-0.05, 0) is 43.3 Å². The van der Waals surface area contributed by atoms with Gasteiger partial charge in [0, 0.05) is 24.1 Å². The van der Waals surface area contributed by atoms with E-state index in [1.54, 1.807) is 16.3 Å². The van der Waals surface area contributed by atoms with Crippen molar-refractivity contribution in [3.05, 3.63) is 64.7 Å². The molecular formula is C20H19N5O2S. The van der Waals surface area contributed by atoms with E-state index in [0.29, 0.717) is 23.5 Å². The summed E-state index contributed by atoms with van der Waals surface area (Å²) >= 11 is 1.62. The SMILES string of the molecule is CCn1c(=O)c2ccccc2n2c(CSc3ccc(NC(C)=O)cc3)nnc12. The van der Waals surface area contributed by atoms with Gasteiger partial charge < -0.3 is 5.32 Å². The van der Waals surface area contributed by atoms with Crippen LogP contribution in [-0.2, 0) is 17.1 Å². The zero-order valence-corrected chi connectivity index (χ0v) is 16.4. The fraction of sp³-hybridized carbons (Fsp3) is 0.200. The molecule has 8 heteroatoms. The van der Waals surface area contributed by atoms with Crippen LogP contribution in [-0.4, -0.2) is 25.1 Å². The highest BCUT2D eigenvalue weighted by molar-refractivity contribution is 7.98. The molecule has 0 aliphatic carbocycles. The molecule has 2 aromatic heterocycles. The number of benzene rings is 2. The van der Waals surface area contributed by atoms with Gasteiger partial charge in [-0.1, -0.05) is 12.1 Å². The summed E-state index contributed by atoms with van der Waals surface area (Å²) in [5.74, 6) is 1.85. The molecule has 7 nitrogen and oxygen atoms in total. The van der Waals surface area contributed by atoms with Crippen molar-refractivity contribution in [1.82, 2.24) is 19.2 Å². The van der Waals surface area contributed by atoms with Crippen molar-refractivity contribution < 1.29 is 4.79 Å². The normalized spacial score (nSPS) is 11.2. The summed E-state index contributed by atoms with van der Waals surface area (Å²) in [6.45, 7) is 3.94. The lowest BCUT2D eigenvalue weighted by Gasteiger charge is -2.09. The fourth-order valence-corrected chi connectivity index (χ4v) is 3.99. The predicted molar refractivity (Wildman–Crippen MR) is 111 cm³/mol. The van der Waals surface area contributed by atoms with Gasteiger partial charge >= 0.3 is 0 Å². The first-order valence-electron chi connectivity index (χ1n) is 8.94. The Morgan fingerprint density at radius 1 is 1.11 bits per heavy atom. The van der Waals surface area contributed by atoms with Gasteiger partial charge in [0.2, 0.25) is 11.7 Å². The van der Waals surface area contributed by atoms with Gasteiger partial charge in [0.1, 0.15) is 5.82 Å². The van der Waals surface area contributed by atoms with Gasteiger partial charge in [-0.15, -0.1) is 22.0 Å². The van der Waals surface area contributed by atoms with Crippen LogP contribution in [0.3, 0.4) is 0 Å². The number of carbonyl (C=O) groups is 1. The minimum atomic E-state index is -0.0934. The minimum absolute atomic E-state index is 0.0502. The number of para-hydroxylation sites is 1. The standard InChI is InChI=1S/C20H19N5O2S/c1-3-24-19(27)16-6-4-5-7-17(16)25-18(22-23-20(24)25)12-28-15-10-8-14(9-11-15)21-13(2)26/h4-11H,3,12H2,1-2H3,(H,21,26). The van der Waals surface area contributed by atoms with Crippen LogP contribution in [0.4, 0.5) is 5.69 Å². The number of thioether (sulfide) groups is 1. The summed E-state index contributed by atoms with van der Waals surface area (Å²) in [4.78, 5) is 24.9. The Bertz CT molecular complexity index is 1230. The smallest absolute Gasteiger partial charge is 0.262 e. The van der Waals surface area contributed by atoms with Crippen LogP contribution >= 0.6 is 11.8 Å². The Morgan fingerprint density at radius 2 is 1.86 bits per heavy atom. The molecule has 0 radical (unpaired) electrons. The van der Waals surface area contributed by atoms with Crippen molar-refractivity contribution in [2.75, 3.05) is 5.32 Å². The topological polar surface area (TPSA) is 81.3 Å². The van der Waals surface area contributed by atoms with Gasteiger partial charge in [-0.25, -0.2) is 0 Å². The first kappa shape index (κ1) is 18.2. The third kappa shape index (κ3) is 3.27. The second-order valence-corrected chi connectivity index (χ2v) is 7.36. The lowest BCUT2D eigenvalue weighted by molar-refractivity contribution is -0.114. The molecule has 28 heavy (non-hydrogen) atoms. The highest BCUT2D eigenvalue weighted by atomic mass is 32.2. The number of hydrogen-bond acceptors (Lipinski definition) is 5. The molecule has 0 aliphatic heterocycles. The van der Waals surface area contributed by atoms with Crippen LogP contribution in [0.25, 0.3) is 16.7 Å². The minimum Gasteiger partial charge on any atom is -0.326 e. The average molecular weight is 393 g/mol. The first-order chi connectivity index (χ1) is 13.6. The number of carbonyl (C=O) groups excluding carboxylic acids is 1. The number of nitrogens with zero attached hydrogens (tertiary/aromatic N) is 4. The van der Waals surface area contributed by atoms with E-state index in [4.69, 9.17) is 0 Å². The molecule has 0 saturated heterocycles. The van der Waals surface area contributed by atoms with Crippen molar-refractivity contribution in [2.24, 2.45) is 0 Å². The van der Waals surface area contributed by atoms with E-state index in [1.165, 1.54) is 6.92 Å². The zero-order valence-electron chi connectivity index (χ0n) is 15.5. The van der Waals surface area contributed by atoms with E-state index >= 15 is 0 Å². The molecule has 0 bridgehead atoms. The number of aromatic nitrogens is 4. The predicted octanol–water partition coefficient (Wildman–Crippen LogP) is 3.31. The maximum atomic E-state index is 12.7. The van der Waals surface area contributed by atoms with E-state index in [9.17, 15) is 9.59 Å². The van der Waals surface area contributed by atoms with Crippen molar-refractivity contribution >= 4 is 40.0 Å². The maximum absolute atomic E-state index is 12.7. The van der Waals surface area contributed by atoms with E-state index in [-0.39, 0.29) is 11.5 Å². The van der Waals surface area contributed by atoms with Crippen molar-refractivity contribution in [1.29, 1.82) is 0 Å². The van der Waals surface area contributed by atoms with Gasteiger partial charge in [0.25, 0.3) is 5.56 Å². The quantitative estimate of drug-likeness (QED) is 0.526. The van der Waals surface area contributed by atoms with Crippen LogP contribution in [0.1, 0.15) is 19.7 Å². The molecule has 1 amide bonds. The fourth-order valence-electron chi connectivity index (χ4n) is 3.18. The third-order valence-corrected chi connectivity index (χ3v) is 5.44. The van der Waals surface area contributed by atoms with Crippen LogP contribution in [0.5, 0.6) is 0 Å². The van der Waals surface area contributed by atoms with Gasteiger partial charge in [0.15, 0.2) is 0 Å². The molecule has 0 aliphatic rings. The summed E-state index contributed by atoms with van der Waals surface area (Å²) < 4.78 is 3.60. The number of amides is 1. The first-order valence-corrected chi connectivity index (χ1v) is 9.93.